The highest BCUT2D eigenvalue weighted by atomic mass is 16.5. The number of carbonyl (C=O) groups excluding carboxylic acids is 1. The second-order valence-electron chi connectivity index (χ2n) is 2.35. The summed E-state index contributed by atoms with van der Waals surface area (Å²) in [5, 5.41) is 0. The Morgan fingerprint density at radius 1 is 1.13 bits per heavy atom. The second-order valence-corrected chi connectivity index (χ2v) is 2.35. The van der Waals surface area contributed by atoms with Crippen LogP contribution in [0.25, 0.3) is 0 Å². The molecule has 0 radical (unpaired) electrons. The van der Waals surface area contributed by atoms with Gasteiger partial charge in [0.1, 0.15) is 12.9 Å². The van der Waals surface area contributed by atoms with E-state index in [1.165, 1.54) is 6.42 Å². The predicted octanol–water partition coefficient (Wildman–Crippen LogP) is 1.87. The molecule has 0 rings (SSSR count). The Morgan fingerprint density at radius 3 is 2.00 bits per heavy atom. The van der Waals surface area contributed by atoms with Gasteiger partial charge in [-0.05, 0) is 0 Å². The Hall–Kier alpha value is -0.450. The van der Waals surface area contributed by atoms with E-state index in [4.69, 9.17) is 15.2 Å². The molecule has 4 heteroatoms. The number of hydrogen-bond acceptors (Lipinski definition) is 4. The summed E-state index contributed by atoms with van der Waals surface area (Å²) in [6, 6.07) is 0. The average Bonchev–Trinajstić information content (AvgIpc) is 2.27. The van der Waals surface area contributed by atoms with Crippen LogP contribution in [-0.2, 0) is 14.3 Å². The molecule has 0 unspecified atom stereocenters. The number of aldehydes is 1. The molecule has 2 N–H and O–H groups in total. The van der Waals surface area contributed by atoms with Crippen LogP contribution >= 0.6 is 0 Å². The zero-order valence-electron chi connectivity index (χ0n) is 10.6. The van der Waals surface area contributed by atoms with E-state index >= 15 is 0 Å². The molecule has 0 bridgehead atoms. The molecule has 0 spiro atoms. The molecule has 0 fully saturated rings. The van der Waals surface area contributed by atoms with Crippen LogP contribution in [-0.4, -0.2) is 39.3 Å². The normalized spacial score (nSPS) is 8.07. The van der Waals surface area contributed by atoms with E-state index in [0.717, 1.165) is 0 Å². The third-order valence-electron chi connectivity index (χ3n) is 0.820. The summed E-state index contributed by atoms with van der Waals surface area (Å²) in [4.78, 5) is 9.71. The van der Waals surface area contributed by atoms with Gasteiger partial charge >= 0.3 is 0 Å². The van der Waals surface area contributed by atoms with Gasteiger partial charge in [-0.2, -0.15) is 0 Å². The van der Waals surface area contributed by atoms with Gasteiger partial charge in [-0.15, -0.1) is 0 Å². The highest BCUT2D eigenvalue weighted by Gasteiger charge is 1.85. The zero-order valence-corrected chi connectivity index (χ0v) is 10.6. The number of carbonyl (C=O) groups is 1. The van der Waals surface area contributed by atoms with Gasteiger partial charge in [-0.1, -0.05) is 34.1 Å². The molecule has 0 aromatic heterocycles. The molecule has 0 aromatic carbocycles. The lowest BCUT2D eigenvalue weighted by molar-refractivity contribution is -0.112. The van der Waals surface area contributed by atoms with Gasteiger partial charge in [0.15, 0.2) is 0 Å². The van der Waals surface area contributed by atoms with Crippen molar-refractivity contribution in [3.05, 3.63) is 0 Å². The molecule has 0 aliphatic carbocycles. The molecule has 0 saturated carbocycles. The summed E-state index contributed by atoms with van der Waals surface area (Å²) in [5.41, 5.74) is 5.15. The first-order valence-corrected chi connectivity index (χ1v) is 5.62. The Morgan fingerprint density at radius 2 is 1.60 bits per heavy atom. The van der Waals surface area contributed by atoms with E-state index in [2.05, 4.69) is 13.8 Å². The highest BCUT2D eigenvalue weighted by Crippen LogP contribution is 1.74. The van der Waals surface area contributed by atoms with Gasteiger partial charge in [0, 0.05) is 7.97 Å². The van der Waals surface area contributed by atoms with Crippen molar-refractivity contribution in [2.45, 2.75) is 34.1 Å². The summed E-state index contributed by atoms with van der Waals surface area (Å²) in [5.74, 6) is 0. The maximum Gasteiger partial charge on any atom is 0.145 e. The SMILES string of the molecule is CC.CCC.NCCOCCOCC=O.[HH]. The van der Waals surface area contributed by atoms with Crippen molar-refractivity contribution < 1.29 is 15.7 Å². The van der Waals surface area contributed by atoms with Crippen molar-refractivity contribution >= 4 is 6.29 Å². The lowest BCUT2D eigenvalue weighted by Crippen LogP contribution is -2.12. The lowest BCUT2D eigenvalue weighted by atomic mass is 10.6. The Bertz CT molecular complexity index is 95.3. The Kier molecular flexibility index (Phi) is 39.0. The first-order chi connectivity index (χ1) is 7.33. The molecule has 0 amide bonds. The monoisotopic (exact) mass is 223 g/mol. The summed E-state index contributed by atoms with van der Waals surface area (Å²) in [7, 11) is 0. The average molecular weight is 223 g/mol. The van der Waals surface area contributed by atoms with Crippen LogP contribution in [0.15, 0.2) is 0 Å². The minimum absolute atomic E-state index is 0. The van der Waals surface area contributed by atoms with Gasteiger partial charge in [0.05, 0.1) is 19.8 Å². The molecular formula is C11H29NO3. The number of nitrogens with two attached hydrogens (primary N) is 1. The Labute approximate surface area is 95.6 Å². The summed E-state index contributed by atoms with van der Waals surface area (Å²) in [6.45, 7) is 10.4. The Balaban J connectivity index is -0.000000104. The lowest BCUT2D eigenvalue weighted by Gasteiger charge is -2.00. The third kappa shape index (κ3) is 42.1. The predicted molar refractivity (Wildman–Crippen MR) is 66.2 cm³/mol. The highest BCUT2D eigenvalue weighted by molar-refractivity contribution is 5.50. The van der Waals surface area contributed by atoms with Crippen molar-refractivity contribution in [2.75, 3.05) is 33.0 Å². The molecular weight excluding hydrogens is 194 g/mol. The molecule has 15 heavy (non-hydrogen) atoms. The van der Waals surface area contributed by atoms with Crippen molar-refractivity contribution in [3.63, 3.8) is 0 Å². The number of ether oxygens (including phenoxy) is 2. The van der Waals surface area contributed by atoms with Crippen molar-refractivity contribution in [2.24, 2.45) is 5.73 Å². The van der Waals surface area contributed by atoms with Gasteiger partial charge in [-0.25, -0.2) is 0 Å². The third-order valence-corrected chi connectivity index (χ3v) is 0.820. The minimum Gasteiger partial charge on any atom is -0.378 e. The van der Waals surface area contributed by atoms with E-state index in [0.29, 0.717) is 32.7 Å². The molecule has 4 nitrogen and oxygen atoms in total. The maximum atomic E-state index is 9.71. The van der Waals surface area contributed by atoms with Crippen LogP contribution in [0, 0.1) is 0 Å². The van der Waals surface area contributed by atoms with Crippen molar-refractivity contribution in [1.82, 2.24) is 0 Å². The van der Waals surface area contributed by atoms with Crippen LogP contribution in [0.4, 0.5) is 0 Å². The second kappa shape index (κ2) is 29.2. The van der Waals surface area contributed by atoms with E-state index in [1.807, 2.05) is 13.8 Å². The van der Waals surface area contributed by atoms with Gasteiger partial charge in [0.2, 0.25) is 0 Å². The minimum atomic E-state index is 0. The standard InChI is InChI=1S/C6H13NO3.C3H8.C2H6.H2/c7-1-3-9-5-6-10-4-2-8;1-3-2;1-2;/h2H,1,3-7H2;3H2,1-2H3;1-2H3;1H. The molecule has 96 valence electrons. The molecule has 0 heterocycles. The fraction of sp³-hybridized carbons (Fsp3) is 0.909. The maximum absolute atomic E-state index is 9.71. The summed E-state index contributed by atoms with van der Waals surface area (Å²) in [6.07, 6.45) is 1.96. The molecule has 0 saturated heterocycles. The van der Waals surface area contributed by atoms with Gasteiger partial charge in [0.25, 0.3) is 0 Å². The van der Waals surface area contributed by atoms with Crippen LogP contribution in [0.3, 0.4) is 0 Å². The molecule has 0 atom stereocenters. The van der Waals surface area contributed by atoms with Gasteiger partial charge < -0.3 is 20.0 Å². The first kappa shape index (κ1) is 20.0. The van der Waals surface area contributed by atoms with E-state index < -0.39 is 0 Å². The largest absolute Gasteiger partial charge is 0.378 e. The van der Waals surface area contributed by atoms with E-state index in [-0.39, 0.29) is 8.03 Å². The van der Waals surface area contributed by atoms with Crippen molar-refractivity contribution in [1.29, 1.82) is 0 Å². The first-order valence-electron chi connectivity index (χ1n) is 5.62. The molecule has 0 aromatic rings. The van der Waals surface area contributed by atoms with Crippen LogP contribution in [0.5, 0.6) is 0 Å². The topological polar surface area (TPSA) is 61.6 Å². The van der Waals surface area contributed by atoms with Crippen LogP contribution in [0.1, 0.15) is 35.5 Å². The fourth-order valence-corrected chi connectivity index (χ4v) is 0.435. The smallest absolute Gasteiger partial charge is 0.145 e. The quantitative estimate of drug-likeness (QED) is 0.528. The number of rotatable bonds is 7. The van der Waals surface area contributed by atoms with Gasteiger partial charge in [-0.3, -0.25) is 0 Å². The summed E-state index contributed by atoms with van der Waals surface area (Å²) < 4.78 is 9.76. The summed E-state index contributed by atoms with van der Waals surface area (Å²) >= 11 is 0. The molecule has 0 aliphatic heterocycles. The van der Waals surface area contributed by atoms with Crippen LogP contribution < -0.4 is 5.73 Å². The molecule has 0 aliphatic rings. The van der Waals surface area contributed by atoms with Crippen LogP contribution in [0.2, 0.25) is 0 Å². The zero-order chi connectivity index (χ0) is 12.4. The number of hydrogen-bond donors (Lipinski definition) is 1. The van der Waals surface area contributed by atoms with Crippen molar-refractivity contribution in [3.8, 4) is 0 Å². The van der Waals surface area contributed by atoms with E-state index in [1.54, 1.807) is 0 Å². The fourth-order valence-electron chi connectivity index (χ4n) is 0.435. The van der Waals surface area contributed by atoms with E-state index in [9.17, 15) is 4.79 Å².